The van der Waals surface area contributed by atoms with Crippen LogP contribution in [0, 0.1) is 0 Å². The van der Waals surface area contributed by atoms with E-state index in [9.17, 15) is 5.11 Å². The summed E-state index contributed by atoms with van der Waals surface area (Å²) in [7, 11) is 3.75. The minimum atomic E-state index is 0.333. The van der Waals surface area contributed by atoms with E-state index >= 15 is 0 Å². The van der Waals surface area contributed by atoms with Gasteiger partial charge in [0.15, 0.2) is 0 Å². The molecule has 0 bridgehead atoms. The smallest absolute Gasteiger partial charge is 0.120 e. The summed E-state index contributed by atoms with van der Waals surface area (Å²) >= 11 is 0. The van der Waals surface area contributed by atoms with Crippen LogP contribution in [-0.4, -0.2) is 36.2 Å². The Bertz CT molecular complexity index is 415. The third kappa shape index (κ3) is 3.61. The van der Waals surface area contributed by atoms with E-state index in [0.717, 1.165) is 43.5 Å². The van der Waals surface area contributed by atoms with E-state index in [4.69, 9.17) is 10.5 Å². The van der Waals surface area contributed by atoms with Gasteiger partial charge in [-0.15, -0.1) is 0 Å². The second-order valence-electron chi connectivity index (χ2n) is 5.48. The van der Waals surface area contributed by atoms with Crippen molar-refractivity contribution < 1.29 is 9.84 Å². The second kappa shape index (κ2) is 6.26. The van der Waals surface area contributed by atoms with Gasteiger partial charge in [0.2, 0.25) is 0 Å². The zero-order valence-electron chi connectivity index (χ0n) is 11.8. The molecule has 106 valence electrons. The molecule has 0 spiro atoms. The Morgan fingerprint density at radius 2 is 2.00 bits per heavy atom. The standard InChI is InChI=1S/C15H24N2O2/c1-17(13-5-3-12(16)4-6-13)10-11-9-14(19-2)7-8-15(11)18/h7-9,12-13,18H,3-6,10,16H2,1-2H3. The van der Waals surface area contributed by atoms with Crippen LogP contribution in [0.4, 0.5) is 0 Å². The zero-order valence-corrected chi connectivity index (χ0v) is 11.8. The molecule has 0 radical (unpaired) electrons. The number of hydrogen-bond acceptors (Lipinski definition) is 4. The van der Waals surface area contributed by atoms with Crippen LogP contribution in [0.1, 0.15) is 31.2 Å². The third-order valence-electron chi connectivity index (χ3n) is 4.07. The van der Waals surface area contributed by atoms with E-state index in [2.05, 4.69) is 11.9 Å². The molecule has 0 aliphatic heterocycles. The van der Waals surface area contributed by atoms with E-state index < -0.39 is 0 Å². The number of nitrogens with two attached hydrogens (primary N) is 1. The molecule has 19 heavy (non-hydrogen) atoms. The van der Waals surface area contributed by atoms with Crippen molar-refractivity contribution in [3.05, 3.63) is 23.8 Å². The molecule has 0 unspecified atom stereocenters. The molecule has 0 saturated heterocycles. The topological polar surface area (TPSA) is 58.7 Å². The number of phenols is 1. The van der Waals surface area contributed by atoms with E-state index in [1.54, 1.807) is 19.2 Å². The minimum absolute atomic E-state index is 0.333. The fourth-order valence-corrected chi connectivity index (χ4v) is 2.76. The van der Waals surface area contributed by atoms with Gasteiger partial charge in [-0.2, -0.15) is 0 Å². The van der Waals surface area contributed by atoms with Gasteiger partial charge in [0.25, 0.3) is 0 Å². The molecule has 1 aliphatic carbocycles. The molecule has 2 rings (SSSR count). The normalized spacial score (nSPS) is 23.6. The number of methoxy groups -OCH3 is 1. The average molecular weight is 264 g/mol. The summed E-state index contributed by atoms with van der Waals surface area (Å²) in [5.74, 6) is 1.12. The molecule has 3 N–H and O–H groups in total. The van der Waals surface area contributed by atoms with Crippen molar-refractivity contribution >= 4 is 0 Å². The first-order chi connectivity index (χ1) is 9.10. The lowest BCUT2D eigenvalue weighted by Crippen LogP contribution is -2.38. The molecule has 1 saturated carbocycles. The Kier molecular flexibility index (Phi) is 4.66. The fraction of sp³-hybridized carbons (Fsp3) is 0.600. The Hall–Kier alpha value is -1.26. The van der Waals surface area contributed by atoms with E-state index in [1.165, 1.54) is 0 Å². The SMILES string of the molecule is COc1ccc(O)c(CN(C)C2CCC(N)CC2)c1. The van der Waals surface area contributed by atoms with Crippen LogP contribution < -0.4 is 10.5 Å². The average Bonchev–Trinajstić information content (AvgIpc) is 2.42. The highest BCUT2D eigenvalue weighted by molar-refractivity contribution is 5.39. The van der Waals surface area contributed by atoms with Crippen molar-refractivity contribution in [3.63, 3.8) is 0 Å². The summed E-state index contributed by atoms with van der Waals surface area (Å²) in [5.41, 5.74) is 6.85. The summed E-state index contributed by atoms with van der Waals surface area (Å²) in [4.78, 5) is 2.31. The largest absolute Gasteiger partial charge is 0.508 e. The summed E-state index contributed by atoms with van der Waals surface area (Å²) in [5, 5.41) is 9.92. The van der Waals surface area contributed by atoms with Crippen molar-refractivity contribution in [2.75, 3.05) is 14.2 Å². The quantitative estimate of drug-likeness (QED) is 0.874. The van der Waals surface area contributed by atoms with Gasteiger partial charge in [-0.25, -0.2) is 0 Å². The molecule has 0 heterocycles. The molecule has 1 aromatic rings. The molecule has 0 aromatic heterocycles. The van der Waals surface area contributed by atoms with Crippen molar-refractivity contribution in [1.82, 2.24) is 4.90 Å². The van der Waals surface area contributed by atoms with Crippen LogP contribution in [0.3, 0.4) is 0 Å². The van der Waals surface area contributed by atoms with Crippen LogP contribution in [0.25, 0.3) is 0 Å². The van der Waals surface area contributed by atoms with E-state index in [0.29, 0.717) is 17.8 Å². The summed E-state index contributed by atoms with van der Waals surface area (Å²) in [6.45, 7) is 0.739. The van der Waals surface area contributed by atoms with Gasteiger partial charge in [-0.3, -0.25) is 4.90 Å². The van der Waals surface area contributed by atoms with E-state index in [1.807, 2.05) is 6.07 Å². The van der Waals surface area contributed by atoms with E-state index in [-0.39, 0.29) is 0 Å². The van der Waals surface area contributed by atoms with Gasteiger partial charge in [0, 0.05) is 24.2 Å². The Morgan fingerprint density at radius 3 is 2.63 bits per heavy atom. The molecule has 4 heteroatoms. The first-order valence-corrected chi connectivity index (χ1v) is 6.92. The van der Waals surface area contributed by atoms with Gasteiger partial charge in [0.1, 0.15) is 11.5 Å². The molecule has 4 nitrogen and oxygen atoms in total. The molecule has 1 aromatic carbocycles. The maximum Gasteiger partial charge on any atom is 0.120 e. The molecule has 1 aliphatic rings. The number of nitrogens with zero attached hydrogens (tertiary/aromatic N) is 1. The Labute approximate surface area is 115 Å². The number of phenolic OH excluding ortho intramolecular Hbond substituents is 1. The fourth-order valence-electron chi connectivity index (χ4n) is 2.76. The highest BCUT2D eigenvalue weighted by Crippen LogP contribution is 2.27. The number of hydrogen-bond donors (Lipinski definition) is 2. The summed E-state index contributed by atoms with van der Waals surface area (Å²) in [6.07, 6.45) is 4.48. The van der Waals surface area contributed by atoms with Gasteiger partial charge in [-0.05, 0) is 50.9 Å². The van der Waals surface area contributed by atoms with Gasteiger partial charge < -0.3 is 15.6 Å². The Morgan fingerprint density at radius 1 is 1.32 bits per heavy atom. The van der Waals surface area contributed by atoms with Gasteiger partial charge in [0.05, 0.1) is 7.11 Å². The zero-order chi connectivity index (χ0) is 13.8. The number of benzene rings is 1. The lowest BCUT2D eigenvalue weighted by Gasteiger charge is -2.33. The molecule has 0 atom stereocenters. The number of rotatable bonds is 4. The maximum absolute atomic E-state index is 9.92. The molecule has 0 amide bonds. The first kappa shape index (κ1) is 14.2. The second-order valence-corrected chi connectivity index (χ2v) is 5.48. The number of aromatic hydroxyl groups is 1. The first-order valence-electron chi connectivity index (χ1n) is 6.92. The Balaban J connectivity index is 2.00. The molecule has 1 fully saturated rings. The van der Waals surface area contributed by atoms with Gasteiger partial charge in [-0.1, -0.05) is 0 Å². The maximum atomic E-state index is 9.92. The van der Waals surface area contributed by atoms with Crippen molar-refractivity contribution in [2.45, 2.75) is 44.3 Å². The predicted molar refractivity (Wildman–Crippen MR) is 76.4 cm³/mol. The lowest BCUT2D eigenvalue weighted by molar-refractivity contribution is 0.174. The minimum Gasteiger partial charge on any atom is -0.508 e. The molecular weight excluding hydrogens is 240 g/mol. The highest BCUT2D eigenvalue weighted by atomic mass is 16.5. The molecular formula is C15H24N2O2. The van der Waals surface area contributed by atoms with Crippen molar-refractivity contribution in [3.8, 4) is 11.5 Å². The third-order valence-corrected chi connectivity index (χ3v) is 4.07. The highest BCUT2D eigenvalue weighted by Gasteiger charge is 2.22. The lowest BCUT2D eigenvalue weighted by atomic mass is 9.91. The summed E-state index contributed by atoms with van der Waals surface area (Å²) < 4.78 is 5.20. The van der Waals surface area contributed by atoms with Crippen LogP contribution >= 0.6 is 0 Å². The van der Waals surface area contributed by atoms with Crippen LogP contribution in [0.15, 0.2) is 18.2 Å². The van der Waals surface area contributed by atoms with Crippen LogP contribution in [0.2, 0.25) is 0 Å². The van der Waals surface area contributed by atoms with Gasteiger partial charge >= 0.3 is 0 Å². The van der Waals surface area contributed by atoms with Crippen LogP contribution in [-0.2, 0) is 6.54 Å². The summed E-state index contributed by atoms with van der Waals surface area (Å²) in [6, 6.07) is 6.30. The predicted octanol–water partition coefficient (Wildman–Crippen LogP) is 2.10. The van der Waals surface area contributed by atoms with Crippen LogP contribution in [0.5, 0.6) is 11.5 Å². The van der Waals surface area contributed by atoms with Crippen molar-refractivity contribution in [2.24, 2.45) is 5.73 Å². The monoisotopic (exact) mass is 264 g/mol. The number of ether oxygens (including phenoxy) is 1. The van der Waals surface area contributed by atoms with Crippen molar-refractivity contribution in [1.29, 1.82) is 0 Å².